The Morgan fingerprint density at radius 3 is 3.05 bits per heavy atom. The second-order valence-electron chi connectivity index (χ2n) is 5.62. The summed E-state index contributed by atoms with van der Waals surface area (Å²) in [7, 11) is 1.74. The molecule has 6 heteroatoms. The van der Waals surface area contributed by atoms with Crippen LogP contribution in [-0.4, -0.2) is 45.0 Å². The predicted molar refractivity (Wildman–Crippen MR) is 80.5 cm³/mol. The molecule has 2 atom stereocenters. The normalized spacial score (nSPS) is 21.9. The molecule has 1 aliphatic rings. The van der Waals surface area contributed by atoms with Crippen molar-refractivity contribution in [3.8, 4) is 0 Å². The average molecular weight is 308 g/mol. The van der Waals surface area contributed by atoms with Crippen molar-refractivity contribution >= 4 is 23.2 Å². The summed E-state index contributed by atoms with van der Waals surface area (Å²) in [5.74, 6) is -0.0188. The first-order valence-corrected chi connectivity index (χ1v) is 7.52. The Bertz CT molecular complexity index is 670. The minimum atomic E-state index is -0.307. The van der Waals surface area contributed by atoms with Gasteiger partial charge < -0.3 is 10.0 Å². The first-order chi connectivity index (χ1) is 10.1. The number of nitrogens with zero attached hydrogens (tertiary/aromatic N) is 3. The Labute approximate surface area is 128 Å². The van der Waals surface area contributed by atoms with Gasteiger partial charge >= 0.3 is 0 Å². The smallest absolute Gasteiger partial charge is 0.273 e. The highest BCUT2D eigenvalue weighted by Gasteiger charge is 2.29. The van der Waals surface area contributed by atoms with Gasteiger partial charge in [-0.15, -0.1) is 0 Å². The van der Waals surface area contributed by atoms with Crippen molar-refractivity contribution in [3.63, 3.8) is 0 Å². The van der Waals surface area contributed by atoms with Gasteiger partial charge in [0.15, 0.2) is 10.8 Å². The van der Waals surface area contributed by atoms with Crippen LogP contribution in [0.25, 0.3) is 5.65 Å². The third-order valence-electron chi connectivity index (χ3n) is 4.16. The fourth-order valence-electron chi connectivity index (χ4n) is 3.00. The molecule has 5 nitrogen and oxygen atoms in total. The zero-order valence-electron chi connectivity index (χ0n) is 11.9. The Kier molecular flexibility index (Phi) is 3.87. The number of aliphatic hydroxyl groups is 1. The first kappa shape index (κ1) is 14.4. The SMILES string of the molecule is CN(CC1CCCC1O)C(=O)c1c(Cl)nc2ccccn12. The van der Waals surface area contributed by atoms with E-state index in [1.165, 1.54) is 0 Å². The van der Waals surface area contributed by atoms with Crippen LogP contribution in [0, 0.1) is 5.92 Å². The number of rotatable bonds is 3. The summed E-state index contributed by atoms with van der Waals surface area (Å²) in [5, 5.41) is 10.1. The van der Waals surface area contributed by atoms with E-state index in [2.05, 4.69) is 4.98 Å². The Hall–Kier alpha value is -1.59. The summed E-state index contributed by atoms with van der Waals surface area (Å²) >= 11 is 6.12. The molecule has 0 aromatic carbocycles. The molecule has 0 radical (unpaired) electrons. The van der Waals surface area contributed by atoms with Crippen molar-refractivity contribution in [3.05, 3.63) is 35.2 Å². The number of hydrogen-bond acceptors (Lipinski definition) is 3. The number of carbonyl (C=O) groups excluding carboxylic acids is 1. The van der Waals surface area contributed by atoms with Crippen LogP contribution < -0.4 is 0 Å². The number of halogens is 1. The molecule has 112 valence electrons. The van der Waals surface area contributed by atoms with Gasteiger partial charge in [-0.05, 0) is 25.0 Å². The molecule has 0 aliphatic heterocycles. The van der Waals surface area contributed by atoms with Crippen LogP contribution >= 0.6 is 11.6 Å². The van der Waals surface area contributed by atoms with Gasteiger partial charge in [0.2, 0.25) is 0 Å². The van der Waals surface area contributed by atoms with Crippen molar-refractivity contribution in [1.82, 2.24) is 14.3 Å². The summed E-state index contributed by atoms with van der Waals surface area (Å²) in [6.07, 6.45) is 4.27. The van der Waals surface area contributed by atoms with Gasteiger partial charge in [0.05, 0.1) is 6.10 Å². The molecule has 3 rings (SSSR count). The Balaban J connectivity index is 1.84. The molecule has 1 amide bonds. The lowest BCUT2D eigenvalue weighted by atomic mass is 10.1. The molecule has 0 spiro atoms. The van der Waals surface area contributed by atoms with Crippen molar-refractivity contribution in [2.75, 3.05) is 13.6 Å². The van der Waals surface area contributed by atoms with Gasteiger partial charge in [0, 0.05) is 25.7 Å². The lowest BCUT2D eigenvalue weighted by Crippen LogP contribution is -2.35. The topological polar surface area (TPSA) is 57.8 Å². The van der Waals surface area contributed by atoms with E-state index >= 15 is 0 Å². The molecule has 0 saturated heterocycles. The largest absolute Gasteiger partial charge is 0.393 e. The van der Waals surface area contributed by atoms with Gasteiger partial charge in [-0.25, -0.2) is 4.98 Å². The van der Waals surface area contributed by atoms with E-state index in [1.807, 2.05) is 18.2 Å². The van der Waals surface area contributed by atoms with E-state index in [-0.39, 0.29) is 23.1 Å². The van der Waals surface area contributed by atoms with Gasteiger partial charge in [-0.2, -0.15) is 0 Å². The molecule has 2 aromatic heterocycles. The van der Waals surface area contributed by atoms with E-state index in [0.717, 1.165) is 19.3 Å². The zero-order chi connectivity index (χ0) is 15.0. The van der Waals surface area contributed by atoms with Crippen molar-refractivity contribution < 1.29 is 9.90 Å². The lowest BCUT2D eigenvalue weighted by molar-refractivity contribution is 0.0687. The highest BCUT2D eigenvalue weighted by Crippen LogP contribution is 2.27. The Morgan fingerprint density at radius 2 is 2.33 bits per heavy atom. The van der Waals surface area contributed by atoms with E-state index in [1.54, 1.807) is 22.5 Å². The van der Waals surface area contributed by atoms with Crippen LogP contribution in [0.4, 0.5) is 0 Å². The van der Waals surface area contributed by atoms with E-state index in [0.29, 0.717) is 17.9 Å². The minimum Gasteiger partial charge on any atom is -0.393 e. The van der Waals surface area contributed by atoms with Gasteiger partial charge in [0.1, 0.15) is 5.65 Å². The molecule has 1 fully saturated rings. The standard InChI is InChI=1S/C15H18ClN3O2/c1-18(9-10-5-4-6-11(10)20)15(21)13-14(16)17-12-7-2-3-8-19(12)13/h2-3,7-8,10-11,20H,4-6,9H2,1H3. The molecular weight excluding hydrogens is 290 g/mol. The first-order valence-electron chi connectivity index (χ1n) is 7.14. The van der Waals surface area contributed by atoms with Crippen LogP contribution in [0.5, 0.6) is 0 Å². The van der Waals surface area contributed by atoms with Crippen molar-refractivity contribution in [2.24, 2.45) is 5.92 Å². The summed E-state index contributed by atoms with van der Waals surface area (Å²) < 4.78 is 1.70. The third kappa shape index (κ3) is 2.63. The number of imidazole rings is 1. The Morgan fingerprint density at radius 1 is 1.52 bits per heavy atom. The number of amides is 1. The lowest BCUT2D eigenvalue weighted by Gasteiger charge is -2.23. The quantitative estimate of drug-likeness (QED) is 0.946. The van der Waals surface area contributed by atoms with Gasteiger partial charge in [0.25, 0.3) is 5.91 Å². The van der Waals surface area contributed by atoms with Crippen LogP contribution in [0.15, 0.2) is 24.4 Å². The predicted octanol–water partition coefficient (Wildman–Crippen LogP) is 2.22. The monoisotopic (exact) mass is 307 g/mol. The van der Waals surface area contributed by atoms with Crippen molar-refractivity contribution in [1.29, 1.82) is 0 Å². The van der Waals surface area contributed by atoms with E-state index < -0.39 is 0 Å². The second kappa shape index (κ2) is 5.66. The summed E-state index contributed by atoms with van der Waals surface area (Å²) in [6, 6.07) is 5.50. The van der Waals surface area contributed by atoms with Gasteiger partial charge in [-0.1, -0.05) is 24.1 Å². The molecule has 2 heterocycles. The van der Waals surface area contributed by atoms with Crippen LogP contribution in [0.3, 0.4) is 0 Å². The number of fused-ring (bicyclic) bond motifs is 1. The molecule has 21 heavy (non-hydrogen) atoms. The maximum Gasteiger partial charge on any atom is 0.273 e. The number of carbonyl (C=O) groups is 1. The highest BCUT2D eigenvalue weighted by atomic mass is 35.5. The molecule has 2 aromatic rings. The number of pyridine rings is 1. The number of aromatic nitrogens is 2. The number of aliphatic hydroxyl groups excluding tert-OH is 1. The summed E-state index contributed by atoms with van der Waals surface area (Å²) in [4.78, 5) is 18.5. The van der Waals surface area contributed by atoms with Crippen LogP contribution in [-0.2, 0) is 0 Å². The second-order valence-corrected chi connectivity index (χ2v) is 5.98. The molecule has 1 N–H and O–H groups in total. The summed E-state index contributed by atoms with van der Waals surface area (Å²) in [5.41, 5.74) is 1.03. The van der Waals surface area contributed by atoms with E-state index in [9.17, 15) is 9.90 Å². The minimum absolute atomic E-state index is 0.150. The molecular formula is C15H18ClN3O2. The molecule has 1 saturated carbocycles. The number of hydrogen-bond donors (Lipinski definition) is 1. The molecule has 1 aliphatic carbocycles. The maximum atomic E-state index is 12.6. The van der Waals surface area contributed by atoms with Gasteiger partial charge in [-0.3, -0.25) is 9.20 Å². The fraction of sp³-hybridized carbons (Fsp3) is 0.467. The summed E-state index contributed by atoms with van der Waals surface area (Å²) in [6.45, 7) is 0.538. The van der Waals surface area contributed by atoms with Crippen LogP contribution in [0.2, 0.25) is 5.15 Å². The van der Waals surface area contributed by atoms with Crippen molar-refractivity contribution in [2.45, 2.75) is 25.4 Å². The fourth-order valence-corrected chi connectivity index (χ4v) is 3.26. The van der Waals surface area contributed by atoms with E-state index in [4.69, 9.17) is 11.6 Å². The molecule has 2 unspecified atom stereocenters. The zero-order valence-corrected chi connectivity index (χ0v) is 12.6. The molecule has 0 bridgehead atoms. The van der Waals surface area contributed by atoms with Crippen LogP contribution in [0.1, 0.15) is 29.8 Å². The third-order valence-corrected chi connectivity index (χ3v) is 4.43. The highest BCUT2D eigenvalue weighted by molar-refractivity contribution is 6.32. The average Bonchev–Trinajstić information content (AvgIpc) is 3.01. The maximum absolute atomic E-state index is 12.6.